The van der Waals surface area contributed by atoms with Crippen molar-refractivity contribution in [2.75, 3.05) is 17.6 Å². The zero-order chi connectivity index (χ0) is 30.2. The first kappa shape index (κ1) is 30.6. The van der Waals surface area contributed by atoms with Crippen LogP contribution < -0.4 is 5.32 Å². The normalized spacial score (nSPS) is 15.7. The van der Waals surface area contributed by atoms with Gasteiger partial charge in [-0.15, -0.1) is 0 Å². The molecule has 0 atom stereocenters. The molecule has 11 nitrogen and oxygen atoms in total. The Morgan fingerprint density at radius 3 is 2.15 bits per heavy atom. The minimum atomic E-state index is -4.91. The minimum Gasteiger partial charge on any atom is -0.362 e. The highest BCUT2D eigenvalue weighted by Crippen LogP contribution is 2.46. The van der Waals surface area contributed by atoms with Crippen molar-refractivity contribution in [3.05, 3.63) is 84.6 Å². The molecule has 0 fully saturated rings. The van der Waals surface area contributed by atoms with Gasteiger partial charge in [0, 0.05) is 35.3 Å². The lowest BCUT2D eigenvalue weighted by Gasteiger charge is -2.16. The van der Waals surface area contributed by atoms with Crippen LogP contribution in [0.15, 0.2) is 88.8 Å². The molecule has 3 aromatic rings. The number of hydrogen-bond acceptors (Lipinski definition) is 7. The van der Waals surface area contributed by atoms with Crippen LogP contribution in [0.3, 0.4) is 0 Å². The maximum atomic E-state index is 12.2. The lowest BCUT2D eigenvalue weighted by molar-refractivity contribution is -0.435. The average molecular weight is 622 g/mol. The van der Waals surface area contributed by atoms with Gasteiger partial charge in [0.1, 0.15) is 11.4 Å². The van der Waals surface area contributed by atoms with Crippen LogP contribution in [-0.4, -0.2) is 61.5 Å². The first-order valence-corrected chi connectivity index (χ1v) is 16.8. The molecule has 218 valence electrons. The Balaban J connectivity index is 1.92. The van der Waals surface area contributed by atoms with Gasteiger partial charge in [0.2, 0.25) is 5.69 Å². The van der Waals surface area contributed by atoms with Crippen molar-refractivity contribution in [3.63, 3.8) is 0 Å². The predicted octanol–water partition coefficient (Wildman–Crippen LogP) is 4.17. The largest absolute Gasteiger partial charge is 0.362 e. The van der Waals surface area contributed by atoms with Gasteiger partial charge < -0.3 is 5.32 Å². The summed E-state index contributed by atoms with van der Waals surface area (Å²) in [6.07, 6.45) is 7.00. The van der Waals surface area contributed by atoms with Gasteiger partial charge in [-0.2, -0.15) is 29.8 Å². The second-order valence-electron chi connectivity index (χ2n) is 9.96. The molecule has 0 saturated heterocycles. The minimum absolute atomic E-state index is 0.00594. The van der Waals surface area contributed by atoms with Gasteiger partial charge in [-0.3, -0.25) is 13.7 Å². The van der Waals surface area contributed by atoms with Crippen LogP contribution in [0.2, 0.25) is 0 Å². The van der Waals surface area contributed by atoms with Crippen molar-refractivity contribution in [3.8, 4) is 0 Å². The maximum absolute atomic E-state index is 12.2. The fraction of sp³-hybridized carbons (Fsp3) is 0.222. The summed E-state index contributed by atoms with van der Waals surface area (Å²) in [5.41, 5.74) is 1.86. The molecule has 41 heavy (non-hydrogen) atoms. The van der Waals surface area contributed by atoms with Crippen LogP contribution in [0.25, 0.3) is 10.8 Å². The Kier molecular flexibility index (Phi) is 8.28. The monoisotopic (exact) mass is 621 g/mol. The topological polar surface area (TPSA) is 178 Å². The molecule has 0 radical (unpaired) electrons. The summed E-state index contributed by atoms with van der Waals surface area (Å²) in [7, 11) is -14.1. The van der Waals surface area contributed by atoms with E-state index >= 15 is 0 Å². The van der Waals surface area contributed by atoms with Gasteiger partial charge in [-0.1, -0.05) is 36.4 Å². The van der Waals surface area contributed by atoms with E-state index in [1.807, 2.05) is 44.2 Å². The smallest absolute Gasteiger partial charge is 0.295 e. The molecule has 1 aliphatic rings. The molecular formula is C27H29N2O9S3+. The first-order valence-electron chi connectivity index (χ1n) is 12.3. The van der Waals surface area contributed by atoms with Crippen LogP contribution in [0, 0.1) is 0 Å². The lowest BCUT2D eigenvalue weighted by Crippen LogP contribution is -2.28. The van der Waals surface area contributed by atoms with Gasteiger partial charge >= 0.3 is 0 Å². The molecule has 0 amide bonds. The number of rotatable bonds is 10. The Hall–Kier alpha value is -3.40. The van der Waals surface area contributed by atoms with E-state index in [1.165, 1.54) is 6.07 Å². The Morgan fingerprint density at radius 2 is 1.54 bits per heavy atom. The quantitative estimate of drug-likeness (QED) is 0.146. The third-order valence-electron chi connectivity index (χ3n) is 6.76. The molecule has 1 aliphatic heterocycles. The van der Waals surface area contributed by atoms with E-state index in [4.69, 9.17) is 0 Å². The number of allylic oxidation sites excluding steroid dienone is 3. The van der Waals surface area contributed by atoms with Gasteiger partial charge in [-0.25, -0.2) is 0 Å². The first-order chi connectivity index (χ1) is 19.0. The lowest BCUT2D eigenvalue weighted by atomic mass is 9.80. The van der Waals surface area contributed by atoms with E-state index in [1.54, 1.807) is 35.1 Å². The fourth-order valence-electron chi connectivity index (χ4n) is 4.93. The van der Waals surface area contributed by atoms with Crippen molar-refractivity contribution < 1.29 is 43.5 Å². The maximum Gasteiger partial charge on any atom is 0.295 e. The van der Waals surface area contributed by atoms with E-state index in [0.717, 1.165) is 11.8 Å². The van der Waals surface area contributed by atoms with E-state index in [2.05, 4.69) is 5.32 Å². The van der Waals surface area contributed by atoms with Crippen molar-refractivity contribution in [1.29, 1.82) is 0 Å². The summed E-state index contributed by atoms with van der Waals surface area (Å²) in [6, 6.07) is 14.3. The van der Waals surface area contributed by atoms with Crippen molar-refractivity contribution in [1.82, 2.24) is 0 Å². The highest BCUT2D eigenvalue weighted by atomic mass is 32.2. The zero-order valence-corrected chi connectivity index (χ0v) is 24.5. The molecule has 0 aromatic heterocycles. The number of benzene rings is 3. The summed E-state index contributed by atoms with van der Waals surface area (Å²) in [4.78, 5) is -1.44. The van der Waals surface area contributed by atoms with E-state index < -0.39 is 51.3 Å². The van der Waals surface area contributed by atoms with E-state index in [0.29, 0.717) is 23.0 Å². The zero-order valence-electron chi connectivity index (χ0n) is 22.1. The summed E-state index contributed by atoms with van der Waals surface area (Å²) < 4.78 is 102. The third-order valence-corrected chi connectivity index (χ3v) is 9.29. The summed E-state index contributed by atoms with van der Waals surface area (Å²) in [6.45, 7) is 3.84. The highest BCUT2D eigenvalue weighted by molar-refractivity contribution is 7.87. The van der Waals surface area contributed by atoms with Gasteiger partial charge in [0.15, 0.2) is 5.71 Å². The molecule has 4 N–H and O–H groups in total. The highest BCUT2D eigenvalue weighted by Gasteiger charge is 2.45. The fourth-order valence-corrected chi connectivity index (χ4v) is 6.76. The second-order valence-corrected chi connectivity index (χ2v) is 14.3. The molecule has 3 aromatic carbocycles. The van der Waals surface area contributed by atoms with Crippen LogP contribution >= 0.6 is 0 Å². The van der Waals surface area contributed by atoms with E-state index in [-0.39, 0.29) is 23.7 Å². The number of nitrogens with one attached hydrogen (secondary N) is 1. The third kappa shape index (κ3) is 6.74. The van der Waals surface area contributed by atoms with Gasteiger partial charge in [0.05, 0.1) is 21.4 Å². The number of para-hydroxylation sites is 1. The molecule has 0 spiro atoms. The van der Waals surface area contributed by atoms with Crippen LogP contribution in [-0.2, 0) is 35.8 Å². The second kappa shape index (κ2) is 11.1. The Labute approximate surface area is 238 Å². The summed E-state index contributed by atoms with van der Waals surface area (Å²) in [5.74, 6) is -0.547. The molecule has 0 bridgehead atoms. The van der Waals surface area contributed by atoms with Crippen molar-refractivity contribution in [2.45, 2.75) is 35.5 Å². The van der Waals surface area contributed by atoms with Crippen LogP contribution in [0.4, 0.5) is 11.4 Å². The van der Waals surface area contributed by atoms with Crippen molar-refractivity contribution in [2.24, 2.45) is 0 Å². The Morgan fingerprint density at radius 1 is 0.854 bits per heavy atom. The molecule has 14 heteroatoms. The Bertz CT molecular complexity index is 1930. The van der Waals surface area contributed by atoms with Gasteiger partial charge in [0.25, 0.3) is 30.4 Å². The number of anilines is 1. The average Bonchev–Trinajstić information content (AvgIpc) is 3.08. The standard InChI is InChI=1S/C27H28N2O9S3/c1-27(2)23-13-12-21-22(17-20(40(33,34)35)18-24(21)41(36,37)38)26(23)29(15-8-16-39(30,31)32)25(27)11-6-7-14-28-19-9-4-3-5-10-19/h3-7,9-14,17-18H,8,15-16H2,1-2H3,(H3,30,31,32,33,34,35,36,37,38)/p+1. The predicted molar refractivity (Wildman–Crippen MR) is 156 cm³/mol. The van der Waals surface area contributed by atoms with E-state index in [9.17, 15) is 38.9 Å². The number of nitrogens with zero attached hydrogens (tertiary/aromatic N) is 1. The van der Waals surface area contributed by atoms with Crippen molar-refractivity contribution >= 4 is 58.2 Å². The summed E-state index contributed by atoms with van der Waals surface area (Å²) >= 11 is 0. The molecule has 4 rings (SSSR count). The van der Waals surface area contributed by atoms with Crippen LogP contribution in [0.5, 0.6) is 0 Å². The van der Waals surface area contributed by atoms with Gasteiger partial charge in [-0.05, 0) is 44.2 Å². The number of hydrogen-bond donors (Lipinski definition) is 4. The molecule has 0 saturated carbocycles. The SMILES string of the molecule is CC1(C)C(/C=C/C=C/Nc2ccccc2)=[N+](CCCS(=O)(=O)O)c2c1ccc1c(S(=O)(=O)O)cc(S(=O)(=O)O)cc21. The number of fused-ring (bicyclic) bond motifs is 3. The summed E-state index contributed by atoms with van der Waals surface area (Å²) in [5, 5.41) is 3.24. The van der Waals surface area contributed by atoms with Crippen LogP contribution in [0.1, 0.15) is 25.8 Å². The molecule has 0 unspecified atom stereocenters. The molecule has 1 heterocycles. The molecule has 0 aliphatic carbocycles. The molecular weight excluding hydrogens is 593 g/mol.